The van der Waals surface area contributed by atoms with Gasteiger partial charge >= 0.3 is 12.4 Å². The van der Waals surface area contributed by atoms with Gasteiger partial charge in [-0.15, -0.1) is 0 Å². The zero-order valence-electron chi connectivity index (χ0n) is 9.62. The van der Waals surface area contributed by atoms with E-state index in [1.807, 2.05) is 0 Å². The van der Waals surface area contributed by atoms with Crippen LogP contribution < -0.4 is 0 Å². The summed E-state index contributed by atoms with van der Waals surface area (Å²) in [7, 11) is 0. The Morgan fingerprint density at radius 3 is 1.50 bits per heavy atom. The molecule has 10 heteroatoms. The van der Waals surface area contributed by atoms with Crippen molar-refractivity contribution in [3.8, 4) is 0 Å². The number of hydrogen-bond acceptors (Lipinski definition) is 1. The molecule has 1 nitrogen and oxygen atoms in total. The van der Waals surface area contributed by atoms with E-state index in [1.165, 1.54) is 0 Å². The molecule has 2 aliphatic carbocycles. The molecule has 0 saturated heterocycles. The molecule has 0 aromatic heterocycles. The van der Waals surface area contributed by atoms with Crippen LogP contribution in [-0.4, -0.2) is 34.7 Å². The zero-order valence-corrected chi connectivity index (χ0v) is 9.62. The van der Waals surface area contributed by atoms with Crippen LogP contribution in [0.15, 0.2) is 0 Å². The predicted octanol–water partition coefficient (Wildman–Crippen LogP) is 3.62. The van der Waals surface area contributed by atoms with Gasteiger partial charge in [-0.1, -0.05) is 0 Å². The first-order valence-electron chi connectivity index (χ1n) is 5.63. The van der Waals surface area contributed by atoms with Crippen LogP contribution in [0.4, 0.5) is 39.5 Å². The molecular weight excluding hydrogens is 307 g/mol. The van der Waals surface area contributed by atoms with Gasteiger partial charge in [-0.3, -0.25) is 0 Å². The van der Waals surface area contributed by atoms with E-state index in [1.54, 1.807) is 0 Å². The molecule has 2 aliphatic rings. The van der Waals surface area contributed by atoms with Crippen molar-refractivity contribution in [2.45, 2.75) is 48.8 Å². The monoisotopic (exact) mass is 316 g/mol. The van der Waals surface area contributed by atoms with E-state index in [0.717, 1.165) is 0 Å². The van der Waals surface area contributed by atoms with Gasteiger partial charge in [0.25, 0.3) is 11.5 Å². The largest absolute Gasteiger partial charge is 0.429 e. The standard InChI is InChI=1S/C10H9F9O/c11-6(4-1-2-5(3-4)7(6,12)13)8(20,9(14,15)16)10(17,18)19/h4-5,20H,1-3H2. The first-order valence-corrected chi connectivity index (χ1v) is 5.63. The Labute approximate surface area is 106 Å². The van der Waals surface area contributed by atoms with Crippen molar-refractivity contribution in [1.82, 2.24) is 0 Å². The van der Waals surface area contributed by atoms with Crippen molar-refractivity contribution in [3.05, 3.63) is 0 Å². The Hall–Kier alpha value is -0.670. The number of aliphatic hydroxyl groups is 1. The molecule has 3 atom stereocenters. The van der Waals surface area contributed by atoms with Gasteiger partial charge in [0, 0.05) is 11.8 Å². The highest BCUT2D eigenvalue weighted by molar-refractivity contribution is 5.25. The maximum Gasteiger partial charge on any atom is 0.429 e. The molecule has 118 valence electrons. The summed E-state index contributed by atoms with van der Waals surface area (Å²) in [6.45, 7) is 0. The summed E-state index contributed by atoms with van der Waals surface area (Å²) in [6, 6.07) is 0. The highest BCUT2D eigenvalue weighted by Gasteiger charge is 2.91. The lowest BCUT2D eigenvalue weighted by molar-refractivity contribution is -0.430. The van der Waals surface area contributed by atoms with Gasteiger partial charge < -0.3 is 5.11 Å². The van der Waals surface area contributed by atoms with Crippen molar-refractivity contribution < 1.29 is 44.6 Å². The minimum Gasteiger partial charge on any atom is -0.371 e. The fourth-order valence-electron chi connectivity index (χ4n) is 3.35. The van der Waals surface area contributed by atoms with Gasteiger partial charge in [0.05, 0.1) is 0 Å². The number of fused-ring (bicyclic) bond motifs is 2. The maximum atomic E-state index is 14.4. The van der Waals surface area contributed by atoms with Crippen LogP contribution in [0.2, 0.25) is 0 Å². The molecule has 0 aromatic rings. The van der Waals surface area contributed by atoms with E-state index in [9.17, 15) is 39.5 Å². The van der Waals surface area contributed by atoms with Crippen molar-refractivity contribution >= 4 is 0 Å². The van der Waals surface area contributed by atoms with Crippen LogP contribution in [0, 0.1) is 11.8 Å². The van der Waals surface area contributed by atoms with Gasteiger partial charge in [0.15, 0.2) is 0 Å². The lowest BCUT2D eigenvalue weighted by Gasteiger charge is -2.48. The number of alkyl halides is 9. The predicted molar refractivity (Wildman–Crippen MR) is 46.7 cm³/mol. The minimum atomic E-state index is -6.60. The third-order valence-electron chi connectivity index (χ3n) is 4.34. The van der Waals surface area contributed by atoms with Gasteiger partial charge in [0.1, 0.15) is 0 Å². The summed E-state index contributed by atoms with van der Waals surface area (Å²) >= 11 is 0. The molecule has 0 aliphatic heterocycles. The van der Waals surface area contributed by atoms with Crippen LogP contribution in [0.3, 0.4) is 0 Å². The van der Waals surface area contributed by atoms with Crippen LogP contribution in [-0.2, 0) is 0 Å². The smallest absolute Gasteiger partial charge is 0.371 e. The molecule has 2 saturated carbocycles. The normalized spacial score (nSPS) is 37.5. The van der Waals surface area contributed by atoms with E-state index in [2.05, 4.69) is 0 Å². The Morgan fingerprint density at radius 1 is 0.800 bits per heavy atom. The highest BCUT2D eigenvalue weighted by Crippen LogP contribution is 2.69. The SMILES string of the molecule is OC(C(F)(F)F)(C(F)(F)F)C1(F)C2CCC(C2)C1(F)F. The first-order chi connectivity index (χ1) is 8.71. The van der Waals surface area contributed by atoms with Crippen molar-refractivity contribution in [3.63, 3.8) is 0 Å². The summed E-state index contributed by atoms with van der Waals surface area (Å²) in [5, 5.41) is 9.00. The fraction of sp³-hybridized carbons (Fsp3) is 1.00. The first kappa shape index (κ1) is 15.7. The second-order valence-electron chi connectivity index (χ2n) is 5.25. The number of hydrogen-bond donors (Lipinski definition) is 1. The van der Waals surface area contributed by atoms with E-state index in [0.29, 0.717) is 0 Å². The third kappa shape index (κ3) is 1.46. The second-order valence-corrected chi connectivity index (χ2v) is 5.25. The van der Waals surface area contributed by atoms with Crippen LogP contribution in [0.25, 0.3) is 0 Å². The molecule has 2 bridgehead atoms. The third-order valence-corrected chi connectivity index (χ3v) is 4.34. The average molecular weight is 316 g/mol. The Kier molecular flexibility index (Phi) is 2.94. The van der Waals surface area contributed by atoms with Crippen molar-refractivity contribution in [2.75, 3.05) is 0 Å². The van der Waals surface area contributed by atoms with Crippen LogP contribution >= 0.6 is 0 Å². The van der Waals surface area contributed by atoms with Gasteiger partial charge in [-0.05, 0) is 19.3 Å². The highest BCUT2D eigenvalue weighted by atomic mass is 19.4. The Bertz CT molecular complexity index is 398. The summed E-state index contributed by atoms with van der Waals surface area (Å²) < 4.78 is 118. The van der Waals surface area contributed by atoms with Gasteiger partial charge in [-0.2, -0.15) is 26.3 Å². The molecule has 20 heavy (non-hydrogen) atoms. The fourth-order valence-corrected chi connectivity index (χ4v) is 3.35. The Balaban J connectivity index is 2.67. The van der Waals surface area contributed by atoms with E-state index >= 15 is 0 Å². The number of halogens is 9. The Morgan fingerprint density at radius 2 is 1.20 bits per heavy atom. The number of rotatable bonds is 1. The summed E-state index contributed by atoms with van der Waals surface area (Å²) in [6.07, 6.45) is -14.9. The topological polar surface area (TPSA) is 20.2 Å². The van der Waals surface area contributed by atoms with E-state index < -0.39 is 54.2 Å². The molecule has 0 heterocycles. The summed E-state index contributed by atoms with van der Waals surface area (Å²) in [4.78, 5) is 0. The molecule has 0 spiro atoms. The van der Waals surface area contributed by atoms with Crippen molar-refractivity contribution in [2.24, 2.45) is 11.8 Å². The molecule has 3 unspecified atom stereocenters. The molecule has 2 rings (SSSR count). The van der Waals surface area contributed by atoms with Gasteiger partial charge in [0.2, 0.25) is 5.67 Å². The molecule has 1 N–H and O–H groups in total. The second kappa shape index (κ2) is 3.75. The molecule has 0 radical (unpaired) electrons. The van der Waals surface area contributed by atoms with Crippen LogP contribution in [0.1, 0.15) is 19.3 Å². The maximum absolute atomic E-state index is 14.4. The summed E-state index contributed by atoms with van der Waals surface area (Å²) in [5.74, 6) is -9.00. The zero-order chi connectivity index (χ0) is 15.8. The molecule has 2 fully saturated rings. The summed E-state index contributed by atoms with van der Waals surface area (Å²) in [5.41, 5.74) is -11.2. The lowest BCUT2D eigenvalue weighted by Crippen LogP contribution is -2.76. The lowest BCUT2D eigenvalue weighted by atomic mass is 9.70. The average Bonchev–Trinajstić information content (AvgIpc) is 2.77. The van der Waals surface area contributed by atoms with Crippen LogP contribution in [0.5, 0.6) is 0 Å². The molecule has 0 amide bonds. The quantitative estimate of drug-likeness (QED) is 0.733. The molecule has 0 aromatic carbocycles. The van der Waals surface area contributed by atoms with E-state index in [4.69, 9.17) is 5.11 Å². The minimum absolute atomic E-state index is 0.366. The molecular formula is C10H9F9O. The van der Waals surface area contributed by atoms with E-state index in [-0.39, 0.29) is 6.42 Å². The van der Waals surface area contributed by atoms with Crippen molar-refractivity contribution in [1.29, 1.82) is 0 Å². The van der Waals surface area contributed by atoms with Gasteiger partial charge in [-0.25, -0.2) is 13.2 Å².